The van der Waals surface area contributed by atoms with Crippen LogP contribution in [0.25, 0.3) is 0 Å². The molecule has 19 heavy (non-hydrogen) atoms. The molecule has 6 heteroatoms. The molecule has 0 radical (unpaired) electrons. The van der Waals surface area contributed by atoms with Crippen LogP contribution in [0, 0.1) is 17.6 Å². The van der Waals surface area contributed by atoms with Gasteiger partial charge >= 0.3 is 0 Å². The fraction of sp³-hybridized carbons (Fsp3) is 0.462. The van der Waals surface area contributed by atoms with Crippen molar-refractivity contribution in [2.24, 2.45) is 5.92 Å². The number of amides is 1. The first-order valence-electron chi connectivity index (χ1n) is 5.97. The average molecular weight is 291 g/mol. The second-order valence-electron chi connectivity index (χ2n) is 4.63. The van der Waals surface area contributed by atoms with Gasteiger partial charge in [-0.1, -0.05) is 6.07 Å². The molecule has 1 atom stereocenters. The van der Waals surface area contributed by atoms with E-state index < -0.39 is 11.6 Å². The largest absolute Gasteiger partial charge is 0.341 e. The summed E-state index contributed by atoms with van der Waals surface area (Å²) in [5, 5.41) is 3.13. The highest BCUT2D eigenvalue weighted by Crippen LogP contribution is 2.14. The van der Waals surface area contributed by atoms with Gasteiger partial charge in [-0.2, -0.15) is 0 Å². The molecule has 2 rings (SSSR count). The molecule has 1 amide bonds. The zero-order chi connectivity index (χ0) is 13.1. The molecule has 1 aliphatic rings. The first-order valence-corrected chi connectivity index (χ1v) is 5.97. The van der Waals surface area contributed by atoms with E-state index in [4.69, 9.17) is 0 Å². The highest BCUT2D eigenvalue weighted by Gasteiger charge is 2.25. The lowest BCUT2D eigenvalue weighted by atomic mass is 10.1. The summed E-state index contributed by atoms with van der Waals surface area (Å²) in [5.74, 6) is -1.70. The molecule has 1 aromatic carbocycles. The Morgan fingerprint density at radius 2 is 2.16 bits per heavy atom. The standard InChI is InChI=1S/C13H16F2N2O.ClH/c1-17(13(18)10-4-5-16-7-10)8-9-2-3-11(14)12(15)6-9;/h2-3,6,10,16H,4-5,7-8H2,1H3;1H. The molecule has 1 heterocycles. The predicted molar refractivity (Wildman–Crippen MR) is 71.1 cm³/mol. The molecule has 1 aliphatic heterocycles. The normalized spacial score (nSPS) is 17.9. The quantitative estimate of drug-likeness (QED) is 0.923. The topological polar surface area (TPSA) is 32.3 Å². The summed E-state index contributed by atoms with van der Waals surface area (Å²) >= 11 is 0. The number of nitrogens with zero attached hydrogens (tertiary/aromatic N) is 1. The van der Waals surface area contributed by atoms with Gasteiger partial charge < -0.3 is 10.2 Å². The van der Waals surface area contributed by atoms with E-state index in [0.29, 0.717) is 18.7 Å². The third kappa shape index (κ3) is 3.88. The SMILES string of the molecule is CN(Cc1ccc(F)c(F)c1)C(=O)C1CCNC1.Cl. The van der Waals surface area contributed by atoms with Crippen LogP contribution < -0.4 is 5.32 Å². The number of carbonyl (C=O) groups excluding carboxylic acids is 1. The van der Waals surface area contributed by atoms with Gasteiger partial charge in [0.2, 0.25) is 5.91 Å². The summed E-state index contributed by atoms with van der Waals surface area (Å²) in [6.45, 7) is 1.85. The van der Waals surface area contributed by atoms with Gasteiger partial charge in [0.05, 0.1) is 5.92 Å². The van der Waals surface area contributed by atoms with Crippen LogP contribution in [-0.2, 0) is 11.3 Å². The molecule has 0 aliphatic carbocycles. The van der Waals surface area contributed by atoms with E-state index in [1.807, 2.05) is 0 Å². The van der Waals surface area contributed by atoms with Crippen LogP contribution in [-0.4, -0.2) is 30.9 Å². The van der Waals surface area contributed by atoms with E-state index in [1.54, 1.807) is 11.9 Å². The van der Waals surface area contributed by atoms with Crippen LogP contribution in [0.4, 0.5) is 8.78 Å². The number of hydrogen-bond acceptors (Lipinski definition) is 2. The molecular weight excluding hydrogens is 274 g/mol. The Kier molecular flexibility index (Phi) is 5.69. The van der Waals surface area contributed by atoms with E-state index in [2.05, 4.69) is 5.32 Å². The Labute approximate surface area is 117 Å². The summed E-state index contributed by atoms with van der Waals surface area (Å²) < 4.78 is 25.8. The molecular formula is C13H17ClF2N2O. The Morgan fingerprint density at radius 3 is 2.74 bits per heavy atom. The molecule has 0 saturated carbocycles. The van der Waals surface area contributed by atoms with Crippen molar-refractivity contribution >= 4 is 18.3 Å². The van der Waals surface area contributed by atoms with Gasteiger partial charge in [-0.15, -0.1) is 12.4 Å². The van der Waals surface area contributed by atoms with Crippen molar-refractivity contribution in [3.05, 3.63) is 35.4 Å². The molecule has 3 nitrogen and oxygen atoms in total. The van der Waals surface area contributed by atoms with Gasteiger partial charge in [0.15, 0.2) is 11.6 Å². The molecule has 0 spiro atoms. The van der Waals surface area contributed by atoms with Crippen molar-refractivity contribution in [1.82, 2.24) is 10.2 Å². The number of carbonyl (C=O) groups is 1. The highest BCUT2D eigenvalue weighted by atomic mass is 35.5. The van der Waals surface area contributed by atoms with E-state index in [1.165, 1.54) is 6.07 Å². The third-order valence-corrected chi connectivity index (χ3v) is 3.19. The summed E-state index contributed by atoms with van der Waals surface area (Å²) in [6, 6.07) is 3.71. The lowest BCUT2D eigenvalue weighted by Gasteiger charge is -2.20. The van der Waals surface area contributed by atoms with Gasteiger partial charge in [0.25, 0.3) is 0 Å². The minimum absolute atomic E-state index is 0. The van der Waals surface area contributed by atoms with Crippen molar-refractivity contribution in [1.29, 1.82) is 0 Å². The summed E-state index contributed by atoms with van der Waals surface area (Å²) in [6.07, 6.45) is 0.834. The van der Waals surface area contributed by atoms with Crippen LogP contribution in [0.5, 0.6) is 0 Å². The summed E-state index contributed by atoms with van der Waals surface area (Å²) in [5.41, 5.74) is 0.593. The average Bonchev–Trinajstić information content (AvgIpc) is 2.86. The van der Waals surface area contributed by atoms with E-state index in [0.717, 1.165) is 25.1 Å². The zero-order valence-electron chi connectivity index (χ0n) is 10.7. The molecule has 1 fully saturated rings. The van der Waals surface area contributed by atoms with Crippen molar-refractivity contribution in [2.45, 2.75) is 13.0 Å². The van der Waals surface area contributed by atoms with Gasteiger partial charge in [-0.25, -0.2) is 8.78 Å². The zero-order valence-corrected chi connectivity index (χ0v) is 11.5. The van der Waals surface area contributed by atoms with Crippen molar-refractivity contribution in [2.75, 3.05) is 20.1 Å². The van der Waals surface area contributed by atoms with Crippen molar-refractivity contribution in [3.63, 3.8) is 0 Å². The number of hydrogen-bond donors (Lipinski definition) is 1. The maximum Gasteiger partial charge on any atom is 0.227 e. The number of rotatable bonds is 3. The predicted octanol–water partition coefficient (Wildman–Crippen LogP) is 1.95. The smallest absolute Gasteiger partial charge is 0.227 e. The van der Waals surface area contributed by atoms with Gasteiger partial charge in [-0.3, -0.25) is 4.79 Å². The maximum atomic E-state index is 13.0. The number of halogens is 3. The monoisotopic (exact) mass is 290 g/mol. The molecule has 1 aromatic rings. The van der Waals surface area contributed by atoms with Crippen LogP contribution in [0.1, 0.15) is 12.0 Å². The molecule has 0 aromatic heterocycles. The molecule has 1 saturated heterocycles. The fourth-order valence-electron chi connectivity index (χ4n) is 2.17. The number of nitrogens with one attached hydrogen (secondary N) is 1. The minimum atomic E-state index is -0.879. The lowest BCUT2D eigenvalue weighted by Crippen LogP contribution is -2.33. The van der Waals surface area contributed by atoms with Crippen LogP contribution in [0.2, 0.25) is 0 Å². The first kappa shape index (κ1) is 15.9. The molecule has 106 valence electrons. The molecule has 0 bridgehead atoms. The first-order chi connectivity index (χ1) is 8.58. The Balaban J connectivity index is 0.00000180. The van der Waals surface area contributed by atoms with Crippen LogP contribution >= 0.6 is 12.4 Å². The second kappa shape index (κ2) is 6.82. The van der Waals surface area contributed by atoms with Gasteiger partial charge in [0.1, 0.15) is 0 Å². The van der Waals surface area contributed by atoms with Gasteiger partial charge in [0, 0.05) is 20.1 Å². The Bertz CT molecular complexity index is 450. The Morgan fingerprint density at radius 1 is 1.42 bits per heavy atom. The summed E-state index contributed by atoms with van der Waals surface area (Å²) in [4.78, 5) is 13.6. The van der Waals surface area contributed by atoms with Crippen LogP contribution in [0.15, 0.2) is 18.2 Å². The second-order valence-corrected chi connectivity index (χ2v) is 4.63. The lowest BCUT2D eigenvalue weighted by molar-refractivity contribution is -0.134. The fourth-order valence-corrected chi connectivity index (χ4v) is 2.17. The van der Waals surface area contributed by atoms with E-state index in [-0.39, 0.29) is 24.2 Å². The Hall–Kier alpha value is -1.20. The van der Waals surface area contributed by atoms with E-state index >= 15 is 0 Å². The molecule has 1 N–H and O–H groups in total. The summed E-state index contributed by atoms with van der Waals surface area (Å²) in [7, 11) is 1.68. The maximum absolute atomic E-state index is 13.0. The highest BCUT2D eigenvalue weighted by molar-refractivity contribution is 5.85. The number of benzene rings is 1. The molecule has 1 unspecified atom stereocenters. The van der Waals surface area contributed by atoms with E-state index in [9.17, 15) is 13.6 Å². The third-order valence-electron chi connectivity index (χ3n) is 3.19. The minimum Gasteiger partial charge on any atom is -0.341 e. The van der Waals surface area contributed by atoms with Crippen LogP contribution in [0.3, 0.4) is 0 Å². The van der Waals surface area contributed by atoms with Gasteiger partial charge in [-0.05, 0) is 30.7 Å². The van der Waals surface area contributed by atoms with Crippen molar-refractivity contribution in [3.8, 4) is 0 Å². The van der Waals surface area contributed by atoms with Crippen molar-refractivity contribution < 1.29 is 13.6 Å².